The lowest BCUT2D eigenvalue weighted by atomic mass is 10.1. The molecule has 1 aromatic rings. The summed E-state index contributed by atoms with van der Waals surface area (Å²) >= 11 is 2.25. The lowest BCUT2D eigenvalue weighted by Crippen LogP contribution is -1.97. The number of benzene rings is 1. The Balaban J connectivity index is 3.45. The summed E-state index contributed by atoms with van der Waals surface area (Å²) in [7, 11) is 3.28. The average Bonchev–Trinajstić information content (AvgIpc) is 2.30. The number of hydrogen-bond donors (Lipinski definition) is 0. The second kappa shape index (κ2) is 5.97. The van der Waals surface area contributed by atoms with Crippen molar-refractivity contribution >= 4 is 22.6 Å². The van der Waals surface area contributed by atoms with E-state index in [0.717, 1.165) is 31.8 Å². The van der Waals surface area contributed by atoms with Crippen LogP contribution in [0.3, 0.4) is 0 Å². The van der Waals surface area contributed by atoms with Crippen LogP contribution in [0.1, 0.15) is 18.1 Å². The van der Waals surface area contributed by atoms with Crippen LogP contribution in [-0.2, 0) is 0 Å². The summed E-state index contributed by atoms with van der Waals surface area (Å²) in [6, 6.07) is 1.86. The molecule has 0 atom stereocenters. The zero-order valence-electron chi connectivity index (χ0n) is 10.5. The molecule has 0 aliphatic heterocycles. The molecule has 0 amide bonds. The molecule has 2 nitrogen and oxygen atoms in total. The van der Waals surface area contributed by atoms with Crippen LogP contribution >= 0.6 is 22.6 Å². The lowest BCUT2D eigenvalue weighted by molar-refractivity contribution is 0.391. The predicted molar refractivity (Wildman–Crippen MR) is 78.7 cm³/mol. The molecule has 0 saturated carbocycles. The zero-order chi connectivity index (χ0) is 13.0. The molecule has 90 valence electrons. The van der Waals surface area contributed by atoms with Gasteiger partial charge in [-0.25, -0.2) is 0 Å². The van der Waals surface area contributed by atoms with Crippen molar-refractivity contribution in [3.05, 3.63) is 32.9 Å². The van der Waals surface area contributed by atoms with Gasteiger partial charge in [0, 0.05) is 6.07 Å². The second-order valence-corrected chi connectivity index (χ2v) is 4.70. The van der Waals surface area contributed by atoms with Crippen LogP contribution in [0.5, 0.6) is 11.5 Å². The van der Waals surface area contributed by atoms with Crippen LogP contribution in [-0.4, -0.2) is 14.2 Å². The van der Waals surface area contributed by atoms with Gasteiger partial charge in [-0.1, -0.05) is 18.4 Å². The molecule has 1 aromatic carbocycles. The second-order valence-electron chi connectivity index (χ2n) is 3.63. The van der Waals surface area contributed by atoms with Crippen LogP contribution in [0.25, 0.3) is 0 Å². The number of ether oxygens (including phenoxy) is 2. The number of methoxy groups -OCH3 is 2. The van der Waals surface area contributed by atoms with E-state index in [1.165, 1.54) is 0 Å². The van der Waals surface area contributed by atoms with Crippen molar-refractivity contribution in [3.63, 3.8) is 0 Å². The van der Waals surface area contributed by atoms with Crippen molar-refractivity contribution in [1.29, 1.82) is 0 Å². The minimum Gasteiger partial charge on any atom is -0.495 e. The van der Waals surface area contributed by atoms with Gasteiger partial charge in [0.25, 0.3) is 0 Å². The average molecular weight is 342 g/mol. The normalized spacial score (nSPS) is 9.24. The molecule has 1 rings (SSSR count). The van der Waals surface area contributed by atoms with E-state index in [4.69, 9.17) is 9.47 Å². The van der Waals surface area contributed by atoms with Crippen LogP contribution in [0, 0.1) is 22.3 Å². The third-order valence-electron chi connectivity index (χ3n) is 2.27. The Bertz CT molecular complexity index is 507. The summed E-state index contributed by atoms with van der Waals surface area (Å²) in [5.41, 5.74) is 2.79. The fraction of sp³-hybridized carbons (Fsp3) is 0.286. The molecule has 3 heteroatoms. The first-order valence-electron chi connectivity index (χ1n) is 5.09. The van der Waals surface area contributed by atoms with Gasteiger partial charge in [0.1, 0.15) is 11.5 Å². The Morgan fingerprint density at radius 3 is 2.35 bits per heavy atom. The van der Waals surface area contributed by atoms with Gasteiger partial charge in [0.05, 0.1) is 23.4 Å². The monoisotopic (exact) mass is 342 g/mol. The topological polar surface area (TPSA) is 18.5 Å². The van der Waals surface area contributed by atoms with Crippen LogP contribution in [0.2, 0.25) is 0 Å². The van der Waals surface area contributed by atoms with E-state index in [-0.39, 0.29) is 0 Å². The first kappa shape index (κ1) is 13.9. The molecular formula is C14H15IO2. The highest BCUT2D eigenvalue weighted by Crippen LogP contribution is 2.33. The highest BCUT2D eigenvalue weighted by Gasteiger charge is 2.13. The van der Waals surface area contributed by atoms with E-state index in [1.54, 1.807) is 14.2 Å². The fourth-order valence-corrected chi connectivity index (χ4v) is 2.01. The van der Waals surface area contributed by atoms with Crippen molar-refractivity contribution in [2.45, 2.75) is 13.8 Å². The summed E-state index contributed by atoms with van der Waals surface area (Å²) in [6.45, 7) is 7.66. The molecule has 0 bridgehead atoms. The summed E-state index contributed by atoms with van der Waals surface area (Å²) < 4.78 is 11.7. The quantitative estimate of drug-likeness (QED) is 0.605. The molecule has 0 spiro atoms. The van der Waals surface area contributed by atoms with Crippen molar-refractivity contribution in [3.8, 4) is 23.3 Å². The van der Waals surface area contributed by atoms with E-state index in [0.29, 0.717) is 0 Å². The molecule has 0 aliphatic rings. The van der Waals surface area contributed by atoms with Crippen molar-refractivity contribution in [2.24, 2.45) is 0 Å². The first-order chi connectivity index (χ1) is 8.01. The molecular weight excluding hydrogens is 327 g/mol. The molecule has 17 heavy (non-hydrogen) atoms. The summed E-state index contributed by atoms with van der Waals surface area (Å²) in [5.74, 6) is 7.60. The molecule has 0 unspecified atom stereocenters. The zero-order valence-corrected chi connectivity index (χ0v) is 12.6. The number of allylic oxidation sites excluding steroid dienone is 1. The standard InChI is InChI=1S/C14H15IO2/c1-9(2)6-7-11-10(3)14(15)13(17-5)8-12(11)16-4/h8H,1H2,2-5H3. The van der Waals surface area contributed by atoms with E-state index >= 15 is 0 Å². The molecule has 0 fully saturated rings. The maximum absolute atomic E-state index is 5.34. The minimum absolute atomic E-state index is 0.730. The van der Waals surface area contributed by atoms with Gasteiger partial charge >= 0.3 is 0 Å². The van der Waals surface area contributed by atoms with Gasteiger partial charge in [0.2, 0.25) is 0 Å². The van der Waals surface area contributed by atoms with Gasteiger partial charge in [0.15, 0.2) is 0 Å². The number of hydrogen-bond acceptors (Lipinski definition) is 2. The van der Waals surface area contributed by atoms with Crippen LogP contribution in [0.4, 0.5) is 0 Å². The Hall–Kier alpha value is -1.15. The van der Waals surface area contributed by atoms with Crippen molar-refractivity contribution < 1.29 is 9.47 Å². The van der Waals surface area contributed by atoms with Gasteiger partial charge in [-0.15, -0.1) is 0 Å². The van der Waals surface area contributed by atoms with E-state index in [2.05, 4.69) is 41.0 Å². The Labute approximate surface area is 116 Å². The van der Waals surface area contributed by atoms with Crippen LogP contribution < -0.4 is 9.47 Å². The van der Waals surface area contributed by atoms with E-state index in [1.807, 2.05) is 19.9 Å². The molecule has 0 aromatic heterocycles. The van der Waals surface area contributed by atoms with Crippen molar-refractivity contribution in [1.82, 2.24) is 0 Å². The Morgan fingerprint density at radius 2 is 1.88 bits per heavy atom. The number of halogens is 1. The third-order valence-corrected chi connectivity index (χ3v) is 3.61. The van der Waals surface area contributed by atoms with Crippen LogP contribution in [0.15, 0.2) is 18.2 Å². The highest BCUT2D eigenvalue weighted by atomic mass is 127. The van der Waals surface area contributed by atoms with Crippen molar-refractivity contribution in [2.75, 3.05) is 14.2 Å². The summed E-state index contributed by atoms with van der Waals surface area (Å²) in [6.07, 6.45) is 0. The molecule has 0 heterocycles. The maximum atomic E-state index is 5.34. The van der Waals surface area contributed by atoms with Gasteiger partial charge in [-0.05, 0) is 47.6 Å². The van der Waals surface area contributed by atoms with E-state index < -0.39 is 0 Å². The summed E-state index contributed by atoms with van der Waals surface area (Å²) in [4.78, 5) is 0. The molecule has 0 aliphatic carbocycles. The third kappa shape index (κ3) is 3.16. The lowest BCUT2D eigenvalue weighted by Gasteiger charge is -2.12. The van der Waals surface area contributed by atoms with E-state index in [9.17, 15) is 0 Å². The smallest absolute Gasteiger partial charge is 0.138 e. The minimum atomic E-state index is 0.730. The maximum Gasteiger partial charge on any atom is 0.138 e. The molecule has 0 N–H and O–H groups in total. The predicted octanol–water partition coefficient (Wildman–Crippen LogP) is 3.54. The largest absolute Gasteiger partial charge is 0.495 e. The number of rotatable bonds is 2. The SMILES string of the molecule is C=C(C)C#Cc1c(OC)cc(OC)c(I)c1C. The van der Waals surface area contributed by atoms with Gasteiger partial charge in [-0.2, -0.15) is 0 Å². The summed E-state index contributed by atoms with van der Waals surface area (Å²) in [5, 5.41) is 0. The van der Waals surface area contributed by atoms with Gasteiger partial charge < -0.3 is 9.47 Å². The first-order valence-corrected chi connectivity index (χ1v) is 6.17. The fourth-order valence-electron chi connectivity index (χ4n) is 1.37. The molecule has 0 radical (unpaired) electrons. The Kier molecular flexibility index (Phi) is 4.88. The molecule has 0 saturated heterocycles. The highest BCUT2D eigenvalue weighted by molar-refractivity contribution is 14.1. The Morgan fingerprint density at radius 1 is 1.29 bits per heavy atom. The van der Waals surface area contributed by atoms with Gasteiger partial charge in [-0.3, -0.25) is 0 Å².